The summed E-state index contributed by atoms with van der Waals surface area (Å²) >= 11 is 0. The predicted molar refractivity (Wildman–Crippen MR) is 93.5 cm³/mol. The van der Waals surface area contributed by atoms with E-state index in [1.54, 1.807) is 6.07 Å². The van der Waals surface area contributed by atoms with Crippen LogP contribution in [-0.4, -0.2) is 53.7 Å². The number of hydrogen-bond acceptors (Lipinski definition) is 6. The first-order valence-electron chi connectivity index (χ1n) is 8.16. The van der Waals surface area contributed by atoms with Gasteiger partial charge in [0.25, 0.3) is 5.69 Å². The van der Waals surface area contributed by atoms with Crippen LogP contribution in [0.2, 0.25) is 0 Å². The van der Waals surface area contributed by atoms with Crippen molar-refractivity contribution in [2.75, 3.05) is 38.2 Å². The molecule has 24 heavy (non-hydrogen) atoms. The van der Waals surface area contributed by atoms with Gasteiger partial charge in [-0.1, -0.05) is 12.1 Å². The summed E-state index contributed by atoms with van der Waals surface area (Å²) in [5.74, 6) is 0. The van der Waals surface area contributed by atoms with Crippen molar-refractivity contribution in [1.29, 1.82) is 0 Å². The normalized spacial score (nSPS) is 16.9. The molecule has 3 rings (SSSR count). The van der Waals surface area contributed by atoms with Crippen LogP contribution in [0, 0.1) is 17.0 Å². The lowest BCUT2D eigenvalue weighted by atomic mass is 10.1. The largest absolute Gasteiger partial charge is 0.383 e. The van der Waals surface area contributed by atoms with Crippen LogP contribution in [0.1, 0.15) is 12.6 Å². The first-order chi connectivity index (χ1) is 11.6. The van der Waals surface area contributed by atoms with E-state index < -0.39 is 0 Å². The number of anilines is 1. The van der Waals surface area contributed by atoms with Gasteiger partial charge in [0.15, 0.2) is 5.52 Å². The lowest BCUT2D eigenvalue weighted by Crippen LogP contribution is -2.45. The minimum absolute atomic E-state index is 0.0421. The maximum Gasteiger partial charge on any atom is 0.295 e. The Morgan fingerprint density at radius 1 is 1.42 bits per heavy atom. The lowest BCUT2D eigenvalue weighted by Gasteiger charge is -2.32. The highest BCUT2D eigenvalue weighted by molar-refractivity contribution is 5.96. The van der Waals surface area contributed by atoms with Gasteiger partial charge in [-0.15, -0.1) is 0 Å². The number of benzene rings is 1. The van der Waals surface area contributed by atoms with E-state index in [4.69, 9.17) is 4.74 Å². The van der Waals surface area contributed by atoms with E-state index in [-0.39, 0.29) is 10.6 Å². The zero-order valence-electron chi connectivity index (χ0n) is 14.0. The second kappa shape index (κ2) is 7.11. The van der Waals surface area contributed by atoms with Gasteiger partial charge in [-0.25, -0.2) is 4.98 Å². The Morgan fingerprint density at radius 3 is 2.88 bits per heavy atom. The quantitative estimate of drug-likeness (QED) is 0.670. The molecule has 1 unspecified atom stereocenters. The molecule has 1 aromatic carbocycles. The number of morpholine rings is 1. The number of nitrogens with zero attached hydrogens (tertiary/aromatic N) is 3. The van der Waals surface area contributed by atoms with Crippen molar-refractivity contribution in [3.05, 3.63) is 40.1 Å². The second-order valence-corrected chi connectivity index (χ2v) is 6.12. The van der Waals surface area contributed by atoms with Gasteiger partial charge in [0, 0.05) is 48.5 Å². The van der Waals surface area contributed by atoms with Crippen molar-refractivity contribution < 1.29 is 9.66 Å². The third-order valence-electron chi connectivity index (χ3n) is 4.40. The minimum Gasteiger partial charge on any atom is -0.383 e. The molecule has 128 valence electrons. The fourth-order valence-electron chi connectivity index (χ4n) is 3.06. The SMILES string of the molecule is Cc1cc(NCC(C)N2CCOCC2)c2cccc([N+](=O)[O-])c2n1. The molecule has 1 aromatic heterocycles. The average Bonchev–Trinajstić information content (AvgIpc) is 2.59. The lowest BCUT2D eigenvalue weighted by molar-refractivity contribution is -0.383. The Bertz CT molecular complexity index is 744. The summed E-state index contributed by atoms with van der Waals surface area (Å²) in [5, 5.41) is 15.5. The van der Waals surface area contributed by atoms with E-state index in [1.165, 1.54) is 6.07 Å². The second-order valence-electron chi connectivity index (χ2n) is 6.12. The number of rotatable bonds is 5. The molecule has 1 aliphatic heterocycles. The molecule has 7 heteroatoms. The Kier molecular flexibility index (Phi) is 4.92. The van der Waals surface area contributed by atoms with Crippen LogP contribution < -0.4 is 5.32 Å². The highest BCUT2D eigenvalue weighted by Gasteiger charge is 2.18. The van der Waals surface area contributed by atoms with E-state index in [0.29, 0.717) is 11.6 Å². The fourth-order valence-corrected chi connectivity index (χ4v) is 3.06. The van der Waals surface area contributed by atoms with Crippen molar-refractivity contribution in [3.63, 3.8) is 0 Å². The van der Waals surface area contributed by atoms with Gasteiger partial charge < -0.3 is 10.1 Å². The molecule has 2 heterocycles. The number of ether oxygens (including phenoxy) is 1. The molecule has 7 nitrogen and oxygen atoms in total. The molecule has 0 spiro atoms. The first kappa shape index (κ1) is 16.6. The molecule has 1 aliphatic rings. The van der Waals surface area contributed by atoms with Gasteiger partial charge in [0.05, 0.1) is 18.1 Å². The van der Waals surface area contributed by atoms with Crippen molar-refractivity contribution in [1.82, 2.24) is 9.88 Å². The van der Waals surface area contributed by atoms with E-state index in [9.17, 15) is 10.1 Å². The molecular weight excluding hydrogens is 308 g/mol. The van der Waals surface area contributed by atoms with Gasteiger partial charge in [0.1, 0.15) is 0 Å². The molecule has 0 amide bonds. The van der Waals surface area contributed by atoms with Crippen LogP contribution >= 0.6 is 0 Å². The molecule has 0 bridgehead atoms. The number of para-hydroxylation sites is 1. The maximum atomic E-state index is 11.2. The predicted octanol–water partition coefficient (Wildman–Crippen LogP) is 2.58. The van der Waals surface area contributed by atoms with Crippen LogP contribution in [-0.2, 0) is 4.74 Å². The van der Waals surface area contributed by atoms with Gasteiger partial charge in [-0.2, -0.15) is 0 Å². The van der Waals surface area contributed by atoms with Crippen LogP contribution in [0.5, 0.6) is 0 Å². The Balaban J connectivity index is 1.83. The summed E-state index contributed by atoms with van der Waals surface area (Å²) in [6.07, 6.45) is 0. The standard InChI is InChI=1S/C17H22N4O3/c1-12-10-15(18-11-13(2)20-6-8-24-9-7-20)14-4-3-5-16(21(22)23)17(14)19-12/h3-5,10,13H,6-9,11H2,1-2H3,(H,18,19). The number of nitro groups is 1. The highest BCUT2D eigenvalue weighted by atomic mass is 16.6. The number of nitrogens with one attached hydrogen (secondary N) is 1. The minimum atomic E-state index is -0.380. The summed E-state index contributed by atoms with van der Waals surface area (Å²) < 4.78 is 5.39. The van der Waals surface area contributed by atoms with E-state index >= 15 is 0 Å². The Hall–Kier alpha value is -2.25. The molecular formula is C17H22N4O3. The van der Waals surface area contributed by atoms with Crippen LogP contribution in [0.3, 0.4) is 0 Å². The molecule has 1 atom stereocenters. The van der Waals surface area contributed by atoms with Gasteiger partial charge in [0.2, 0.25) is 0 Å². The average molecular weight is 330 g/mol. The third-order valence-corrected chi connectivity index (χ3v) is 4.40. The maximum absolute atomic E-state index is 11.2. The number of fused-ring (bicyclic) bond motifs is 1. The van der Waals surface area contributed by atoms with E-state index in [2.05, 4.69) is 22.1 Å². The molecule has 0 aliphatic carbocycles. The molecule has 0 radical (unpaired) electrons. The zero-order chi connectivity index (χ0) is 17.1. The van der Waals surface area contributed by atoms with Crippen molar-refractivity contribution in [2.24, 2.45) is 0 Å². The highest BCUT2D eigenvalue weighted by Crippen LogP contribution is 2.29. The third kappa shape index (κ3) is 3.47. The monoisotopic (exact) mass is 330 g/mol. The van der Waals surface area contributed by atoms with Crippen LogP contribution in [0.15, 0.2) is 24.3 Å². The fraction of sp³-hybridized carbons (Fsp3) is 0.471. The first-order valence-corrected chi connectivity index (χ1v) is 8.16. The van der Waals surface area contributed by atoms with E-state index in [0.717, 1.165) is 49.6 Å². The number of nitro benzene ring substituents is 1. The topological polar surface area (TPSA) is 80.5 Å². The number of aromatic nitrogens is 1. The Morgan fingerprint density at radius 2 is 2.17 bits per heavy atom. The summed E-state index contributed by atoms with van der Waals surface area (Å²) in [6, 6.07) is 7.37. The van der Waals surface area contributed by atoms with E-state index in [1.807, 2.05) is 19.1 Å². The van der Waals surface area contributed by atoms with Crippen LogP contribution in [0.4, 0.5) is 11.4 Å². The van der Waals surface area contributed by atoms with Crippen LogP contribution in [0.25, 0.3) is 10.9 Å². The smallest absolute Gasteiger partial charge is 0.295 e. The summed E-state index contributed by atoms with van der Waals surface area (Å²) in [7, 11) is 0. The Labute approximate surface area is 140 Å². The molecule has 1 saturated heterocycles. The number of non-ortho nitro benzene ring substituents is 1. The summed E-state index contributed by atoms with van der Waals surface area (Å²) in [6.45, 7) is 8.21. The molecule has 2 aromatic rings. The van der Waals surface area contributed by atoms with Gasteiger partial charge >= 0.3 is 0 Å². The molecule has 1 fully saturated rings. The molecule has 1 N–H and O–H groups in total. The van der Waals surface area contributed by atoms with Gasteiger partial charge in [-0.3, -0.25) is 15.0 Å². The van der Waals surface area contributed by atoms with Crippen molar-refractivity contribution in [2.45, 2.75) is 19.9 Å². The summed E-state index contributed by atoms with van der Waals surface area (Å²) in [4.78, 5) is 17.6. The number of hydrogen-bond donors (Lipinski definition) is 1. The van der Waals surface area contributed by atoms with Crippen molar-refractivity contribution >= 4 is 22.3 Å². The zero-order valence-corrected chi connectivity index (χ0v) is 14.0. The van der Waals surface area contributed by atoms with Gasteiger partial charge in [-0.05, 0) is 19.9 Å². The molecule has 0 saturated carbocycles. The summed E-state index contributed by atoms with van der Waals surface area (Å²) in [5.41, 5.74) is 2.13. The van der Waals surface area contributed by atoms with Crippen molar-refractivity contribution in [3.8, 4) is 0 Å². The number of pyridine rings is 1. The number of aryl methyl sites for hydroxylation is 1.